The number of ether oxygens (including phenoxy) is 6. The number of aromatic amines is 1. The molecule has 0 aliphatic carbocycles. The van der Waals surface area contributed by atoms with E-state index in [0.717, 1.165) is 92.8 Å². The van der Waals surface area contributed by atoms with Crippen LogP contribution in [0.4, 0.5) is 23.3 Å². The maximum atomic E-state index is 13.5. The lowest BCUT2D eigenvalue weighted by molar-refractivity contribution is 0.0797. The third-order valence-corrected chi connectivity index (χ3v) is 25.7. The smallest absolute Gasteiger partial charge is 0.255 e. The first-order valence-electron chi connectivity index (χ1n) is 43.6. The second kappa shape index (κ2) is 44.7. The van der Waals surface area contributed by atoms with Crippen molar-refractivity contribution in [2.24, 2.45) is 0 Å². The van der Waals surface area contributed by atoms with Gasteiger partial charge in [0.05, 0.1) is 111 Å². The molecule has 4 saturated heterocycles. The number of thiophene rings is 4. The summed E-state index contributed by atoms with van der Waals surface area (Å²) in [5, 5.41) is 19.6. The van der Waals surface area contributed by atoms with E-state index in [2.05, 4.69) is 75.4 Å². The van der Waals surface area contributed by atoms with Gasteiger partial charge in [0.15, 0.2) is 23.3 Å². The number of anilines is 4. The van der Waals surface area contributed by atoms with Gasteiger partial charge >= 0.3 is 0 Å². The van der Waals surface area contributed by atoms with Gasteiger partial charge in [-0.3, -0.25) is 48.9 Å². The lowest BCUT2D eigenvalue weighted by atomic mass is 10.1. The summed E-state index contributed by atoms with van der Waals surface area (Å²) in [6.45, 7) is 12.6. The van der Waals surface area contributed by atoms with Crippen LogP contribution >= 0.6 is 45.3 Å². The van der Waals surface area contributed by atoms with Crippen molar-refractivity contribution in [3.63, 3.8) is 0 Å². The summed E-state index contributed by atoms with van der Waals surface area (Å²) < 4.78 is 32.3. The van der Waals surface area contributed by atoms with Crippen LogP contribution in [0.3, 0.4) is 0 Å². The molecule has 0 unspecified atom stereocenters. The summed E-state index contributed by atoms with van der Waals surface area (Å²) in [4.78, 5) is 149. The fourth-order valence-electron chi connectivity index (χ4n) is 15.2. The van der Waals surface area contributed by atoms with Crippen LogP contribution in [0.2, 0.25) is 0 Å². The number of aromatic nitrogens is 16. The number of nitrogens with one attached hydrogen (secondary N) is 4. The molecule has 4 aliphatic heterocycles. The lowest BCUT2D eigenvalue weighted by Gasteiger charge is -2.29. The number of nitrogens with zero attached hydrogens (tertiary/aromatic N) is 20. The molecule has 0 atom stereocenters. The van der Waals surface area contributed by atoms with Crippen LogP contribution in [0.15, 0.2) is 203 Å². The van der Waals surface area contributed by atoms with Crippen LogP contribution in [0.25, 0.3) is 86.9 Å². The van der Waals surface area contributed by atoms with Crippen LogP contribution in [0.5, 0.6) is 11.8 Å². The highest BCUT2D eigenvalue weighted by atomic mass is 32.1. The largest absolute Gasteiger partial charge is 0.481 e. The molecule has 0 radical (unpaired) electrons. The topological polar surface area (TPSA) is 402 Å². The Morgan fingerprint density at radius 3 is 1.03 bits per heavy atom. The Hall–Kier alpha value is -14.3. The van der Waals surface area contributed by atoms with Gasteiger partial charge in [0.25, 0.3) is 23.6 Å². The second-order valence-electron chi connectivity index (χ2n) is 30.9. The van der Waals surface area contributed by atoms with E-state index in [4.69, 9.17) is 68.3 Å². The quantitative estimate of drug-likeness (QED) is 0.0391. The highest BCUT2D eigenvalue weighted by Crippen LogP contribution is 2.40. The molecule has 684 valence electrons. The van der Waals surface area contributed by atoms with Gasteiger partial charge in [-0.25, -0.2) is 49.8 Å². The van der Waals surface area contributed by atoms with Gasteiger partial charge < -0.3 is 73.9 Å². The zero-order valence-corrected chi connectivity index (χ0v) is 76.9. The Morgan fingerprint density at radius 2 is 0.709 bits per heavy atom. The van der Waals surface area contributed by atoms with Crippen molar-refractivity contribution in [1.82, 2.24) is 101 Å². The fraction of sp³-hybridized carbons (Fsp3) is 0.284. The van der Waals surface area contributed by atoms with E-state index in [1.54, 1.807) is 81.0 Å². The van der Waals surface area contributed by atoms with Gasteiger partial charge in [0.2, 0.25) is 17.3 Å². The molecule has 39 heteroatoms. The number of pyridine rings is 8. The Bertz CT molecular complexity index is 6710. The van der Waals surface area contributed by atoms with Crippen LogP contribution in [-0.4, -0.2) is 261 Å². The number of methoxy groups -OCH3 is 2. The first-order chi connectivity index (χ1) is 65.8. The van der Waals surface area contributed by atoms with Gasteiger partial charge in [-0.15, -0.1) is 45.3 Å². The Labute approximate surface area is 785 Å². The molecule has 4 aliphatic rings. The molecule has 35 nitrogen and oxygen atoms in total. The Kier molecular flexibility index (Phi) is 30.6. The van der Waals surface area contributed by atoms with Crippen LogP contribution < -0.4 is 50.6 Å². The average molecular weight is 1880 g/mol. The van der Waals surface area contributed by atoms with E-state index in [1.807, 2.05) is 138 Å². The molecule has 134 heavy (non-hydrogen) atoms. The SMILES string of the molecule is COc1ccc(CCN(C)C(=O)c2csc3nc(-c4ccccn4)nc(N4CCOCC4)c23)cn1.COc1ccc(CCNC(=O)c2csc3nc(-c4ccccn4)nc(N4CCOCC4)c23)cn1.O=C(NCCc1ccc(=O)[nH]c1)c1csc2nc(-c3ccccn3)nc(N3CCOCC3)c12.O=C(NCCc1ccncc1)c1csc2nc(-c3ccccn3)nc(N3CCOCC3)c12. The summed E-state index contributed by atoms with van der Waals surface area (Å²) in [6, 6.07) is 37.4. The molecule has 4 N–H and O–H groups in total. The fourth-order valence-corrected chi connectivity index (χ4v) is 18.8. The minimum absolute atomic E-state index is 0.0542. The van der Waals surface area contributed by atoms with E-state index >= 15 is 0 Å². The minimum Gasteiger partial charge on any atom is -0.481 e. The van der Waals surface area contributed by atoms with Crippen LogP contribution in [0, 0.1) is 0 Å². The molecule has 20 heterocycles. The van der Waals surface area contributed by atoms with Crippen molar-refractivity contribution in [3.8, 4) is 57.8 Å². The lowest BCUT2D eigenvalue weighted by Crippen LogP contribution is -2.37. The zero-order chi connectivity index (χ0) is 91.9. The molecule has 4 fully saturated rings. The summed E-state index contributed by atoms with van der Waals surface area (Å²) in [5.41, 5.74) is 9.17. The van der Waals surface area contributed by atoms with E-state index in [0.29, 0.717) is 231 Å². The Morgan fingerprint density at radius 1 is 0.381 bits per heavy atom. The highest BCUT2D eigenvalue weighted by molar-refractivity contribution is 7.18. The second-order valence-corrected chi connectivity index (χ2v) is 34.3. The number of H-pyrrole nitrogens is 1. The predicted octanol–water partition coefficient (Wildman–Crippen LogP) is 11.5. The number of carbonyl (C=O) groups excluding carboxylic acids is 4. The number of fused-ring (bicyclic) bond motifs is 4. The maximum Gasteiger partial charge on any atom is 0.255 e. The number of carbonyl (C=O) groups is 4. The molecule has 20 rings (SSSR count). The normalized spacial score (nSPS) is 13.8. The summed E-state index contributed by atoms with van der Waals surface area (Å²) in [7, 11) is 5.00. The van der Waals surface area contributed by atoms with E-state index < -0.39 is 0 Å². The van der Waals surface area contributed by atoms with Crippen LogP contribution in [0.1, 0.15) is 63.7 Å². The highest BCUT2D eigenvalue weighted by Gasteiger charge is 2.31. The molecule has 0 aromatic carbocycles. The number of likely N-dealkylation sites (N-methyl/N-ethyl adjacent to an activating group) is 1. The van der Waals surface area contributed by atoms with Crippen molar-refractivity contribution >= 4 is 133 Å². The average Bonchev–Trinajstić information content (AvgIpc) is 1.59. The van der Waals surface area contributed by atoms with Crippen molar-refractivity contribution < 1.29 is 47.6 Å². The summed E-state index contributed by atoms with van der Waals surface area (Å²) in [6.07, 6.45) is 18.3. The maximum absolute atomic E-state index is 13.5. The summed E-state index contributed by atoms with van der Waals surface area (Å²) >= 11 is 5.78. The number of morpholine rings is 4. The number of hydrogen-bond donors (Lipinski definition) is 4. The minimum atomic E-state index is -0.172. The van der Waals surface area contributed by atoms with Crippen molar-refractivity contribution in [1.29, 1.82) is 0 Å². The van der Waals surface area contributed by atoms with Gasteiger partial charge in [-0.2, -0.15) is 0 Å². The van der Waals surface area contributed by atoms with Crippen molar-refractivity contribution in [2.75, 3.05) is 172 Å². The van der Waals surface area contributed by atoms with Crippen molar-refractivity contribution in [2.45, 2.75) is 25.7 Å². The summed E-state index contributed by atoms with van der Waals surface area (Å²) in [5.74, 6) is 5.87. The molecule has 0 bridgehead atoms. The van der Waals surface area contributed by atoms with E-state index in [-0.39, 0.29) is 29.2 Å². The molecule has 0 spiro atoms. The van der Waals surface area contributed by atoms with Crippen LogP contribution in [-0.2, 0) is 44.6 Å². The standard InChI is InChI=1S/C25H26N6O3S.C24H24N6O3S.C23H22N6O3S.C23H22N6O2S/c1-30(10-8-17-6-7-20(33-2)27-15-17)25(32)18-16-35-24-21(18)23(31-11-13-34-14-12-31)28-22(29-24)19-5-3-4-9-26-19;1-32-19-6-5-16(14-27-19)7-9-26-23(31)17-15-34-24-20(17)22(30-10-12-33-13-11-30)28-21(29-24)18-4-2-3-8-25-18;30-18-5-4-15(13-26-18)6-8-25-22(31)16-14-33-23-19(16)21(29-9-11-32-12-10-29)27-20(28-23)17-3-1-2-7-24-17;30-22(26-10-6-16-4-8-24-9-5-16)17-15-32-23-19(17)21(29-11-13-31-14-12-29)27-20(28-23)18-3-1-2-7-25-18/h3-7,9,15-16H,8,10-14H2,1-2H3;2-6,8,14-15H,7,9-13H2,1H3,(H,26,31);1-5,7,13-14H,6,8-12H2,(H,25,31)(H,26,30);1-5,7-9,15H,6,10-14H2,(H,26,30). The monoisotopic (exact) mass is 1870 g/mol. The molecule has 0 saturated carbocycles. The molecular weight excluding hydrogens is 1780 g/mol. The number of hydrogen-bond acceptors (Lipinski definition) is 34. The predicted molar refractivity (Wildman–Crippen MR) is 516 cm³/mol. The molecule has 16 aromatic rings. The first-order valence-corrected chi connectivity index (χ1v) is 47.1. The third kappa shape index (κ3) is 22.5. The molecule has 4 amide bonds. The molecular formula is C95H94N24O11S4. The third-order valence-electron chi connectivity index (χ3n) is 22.2. The zero-order valence-electron chi connectivity index (χ0n) is 73.6. The number of rotatable bonds is 26. The van der Waals surface area contributed by atoms with E-state index in [1.165, 1.54) is 51.4 Å². The Balaban J connectivity index is 0.000000124. The van der Waals surface area contributed by atoms with Gasteiger partial charge in [-0.1, -0.05) is 42.5 Å². The van der Waals surface area contributed by atoms with Gasteiger partial charge in [0, 0.05) is 181 Å². The van der Waals surface area contributed by atoms with E-state index in [9.17, 15) is 24.0 Å². The first kappa shape index (κ1) is 91.6. The van der Waals surface area contributed by atoms with Crippen molar-refractivity contribution in [3.05, 3.63) is 253 Å². The molecule has 16 aromatic heterocycles. The number of amides is 4. The van der Waals surface area contributed by atoms with Gasteiger partial charge in [0.1, 0.15) is 65.4 Å². The van der Waals surface area contributed by atoms with Gasteiger partial charge in [-0.05, 0) is 109 Å².